The summed E-state index contributed by atoms with van der Waals surface area (Å²) in [6, 6.07) is 25.2. The van der Waals surface area contributed by atoms with Crippen molar-refractivity contribution in [3.63, 3.8) is 0 Å². The number of para-hydroxylation sites is 2. The van der Waals surface area contributed by atoms with Crippen molar-refractivity contribution >= 4 is 11.6 Å². The summed E-state index contributed by atoms with van der Waals surface area (Å²) in [5.41, 5.74) is 1.85. The highest BCUT2D eigenvalue weighted by atomic mass is 16.5. The topological polar surface area (TPSA) is 60.0 Å². The lowest BCUT2D eigenvalue weighted by atomic mass is 9.89. The number of hydrogen-bond acceptors (Lipinski definition) is 5. The maximum Gasteiger partial charge on any atom is 0.258 e. The van der Waals surface area contributed by atoms with Gasteiger partial charge in [-0.25, -0.2) is 0 Å². The number of anilines is 1. The van der Waals surface area contributed by atoms with Crippen LogP contribution >= 0.6 is 0 Å². The molecule has 1 N–H and O–H groups in total. The normalized spacial score (nSPS) is 17.3. The number of benzene rings is 3. The molecule has 3 aromatic rings. The monoisotopic (exact) mass is 446 g/mol. The van der Waals surface area contributed by atoms with Crippen LogP contribution in [-0.4, -0.2) is 44.3 Å². The molecule has 1 aliphatic rings. The molecule has 6 nitrogen and oxygen atoms in total. The Morgan fingerprint density at radius 3 is 2.12 bits per heavy atom. The summed E-state index contributed by atoms with van der Waals surface area (Å²) in [5.74, 6) is 1.58. The molecule has 33 heavy (non-hydrogen) atoms. The first-order chi connectivity index (χ1) is 16.2. The molecule has 172 valence electrons. The Hall–Kier alpha value is -3.51. The molecule has 0 aromatic heterocycles. The second kappa shape index (κ2) is 10.4. The van der Waals surface area contributed by atoms with Gasteiger partial charge in [0.1, 0.15) is 30.4 Å². The van der Waals surface area contributed by atoms with Crippen LogP contribution in [0.2, 0.25) is 0 Å². The molecule has 1 atom stereocenters. The molecular formula is C27H30N2O4. The maximum atomic E-state index is 13.4. The van der Waals surface area contributed by atoms with Crippen LogP contribution in [-0.2, 0) is 10.4 Å². The molecule has 0 saturated heterocycles. The molecule has 0 saturated carbocycles. The lowest BCUT2D eigenvalue weighted by molar-refractivity contribution is 0.0381. The van der Waals surface area contributed by atoms with Crippen molar-refractivity contribution in [3.05, 3.63) is 90.0 Å². The number of ether oxygens (including phenoxy) is 3. The van der Waals surface area contributed by atoms with Crippen molar-refractivity contribution in [2.24, 2.45) is 0 Å². The molecule has 0 bridgehead atoms. The number of hydrogen-bond donors (Lipinski definition) is 1. The number of carbonyl (C=O) groups is 1. The maximum absolute atomic E-state index is 13.4. The predicted octanol–water partition coefficient (Wildman–Crippen LogP) is 4.92. The highest BCUT2D eigenvalue weighted by Crippen LogP contribution is 2.40. The molecule has 1 heterocycles. The van der Waals surface area contributed by atoms with E-state index in [0.29, 0.717) is 38.3 Å². The zero-order valence-corrected chi connectivity index (χ0v) is 19.1. The lowest BCUT2D eigenvalue weighted by Crippen LogP contribution is -2.58. The Morgan fingerprint density at radius 1 is 0.818 bits per heavy atom. The van der Waals surface area contributed by atoms with E-state index in [2.05, 4.69) is 12.2 Å². The molecule has 0 aliphatic carbocycles. The Balaban J connectivity index is 1.50. The van der Waals surface area contributed by atoms with E-state index in [4.69, 9.17) is 14.2 Å². The fraction of sp³-hybridized carbons (Fsp3) is 0.296. The average molecular weight is 447 g/mol. The predicted molar refractivity (Wildman–Crippen MR) is 129 cm³/mol. The molecule has 0 spiro atoms. The van der Waals surface area contributed by atoms with Crippen LogP contribution in [0, 0.1) is 0 Å². The minimum atomic E-state index is -0.668. The van der Waals surface area contributed by atoms with Gasteiger partial charge >= 0.3 is 0 Å². The van der Waals surface area contributed by atoms with Crippen LogP contribution in [0.15, 0.2) is 78.9 Å². The summed E-state index contributed by atoms with van der Waals surface area (Å²) in [5, 5.41) is 3.64. The first-order valence-corrected chi connectivity index (χ1v) is 11.3. The zero-order valence-electron chi connectivity index (χ0n) is 19.1. The Morgan fingerprint density at radius 2 is 1.45 bits per heavy atom. The van der Waals surface area contributed by atoms with Gasteiger partial charge in [0.05, 0.1) is 12.2 Å². The highest BCUT2D eigenvalue weighted by molar-refractivity contribution is 6.02. The van der Waals surface area contributed by atoms with E-state index in [1.807, 2.05) is 83.8 Å². The van der Waals surface area contributed by atoms with Crippen LogP contribution in [0.3, 0.4) is 0 Å². The number of rotatable bonds is 10. The van der Waals surface area contributed by atoms with Gasteiger partial charge in [-0.3, -0.25) is 4.79 Å². The second-order valence-corrected chi connectivity index (χ2v) is 7.87. The number of fused-ring (bicyclic) bond motifs is 1. The summed E-state index contributed by atoms with van der Waals surface area (Å²) in [7, 11) is 1.65. The fourth-order valence-electron chi connectivity index (χ4n) is 4.24. The molecule has 6 heteroatoms. The van der Waals surface area contributed by atoms with Crippen molar-refractivity contribution < 1.29 is 19.0 Å². The van der Waals surface area contributed by atoms with Crippen molar-refractivity contribution in [1.82, 2.24) is 4.90 Å². The highest BCUT2D eigenvalue weighted by Gasteiger charge is 2.44. The molecular weight excluding hydrogens is 416 g/mol. The van der Waals surface area contributed by atoms with Gasteiger partial charge in [0, 0.05) is 19.3 Å². The number of nitrogens with one attached hydrogen (secondary N) is 1. The third-order valence-electron chi connectivity index (χ3n) is 5.93. The number of methoxy groups -OCH3 is 1. The van der Waals surface area contributed by atoms with Crippen molar-refractivity contribution in [2.45, 2.75) is 19.0 Å². The zero-order chi connectivity index (χ0) is 23.1. The molecule has 3 aromatic carbocycles. The lowest BCUT2D eigenvalue weighted by Gasteiger charge is -2.48. The van der Waals surface area contributed by atoms with Gasteiger partial charge in [-0.2, -0.15) is 0 Å². The van der Waals surface area contributed by atoms with E-state index >= 15 is 0 Å². The van der Waals surface area contributed by atoms with Crippen molar-refractivity contribution in [2.75, 3.05) is 38.8 Å². The average Bonchev–Trinajstić information content (AvgIpc) is 2.87. The standard InChI is InChI=1S/C27H30N2O4/c1-3-27(28-25-12-8-7-11-24(25)26(30)29(27)17-18-31-2)21-13-15-23(16-14-21)33-20-19-32-22-9-5-4-6-10-22/h4-16,28H,3,17-20H2,1-2H3. The quantitative estimate of drug-likeness (QED) is 0.448. The molecule has 0 fully saturated rings. The van der Waals surface area contributed by atoms with Gasteiger partial charge in [-0.05, 0) is 48.4 Å². The van der Waals surface area contributed by atoms with Crippen LogP contribution in [0.1, 0.15) is 29.3 Å². The minimum Gasteiger partial charge on any atom is -0.490 e. The van der Waals surface area contributed by atoms with E-state index < -0.39 is 5.66 Å². The summed E-state index contributed by atoms with van der Waals surface area (Å²) in [4.78, 5) is 15.3. The van der Waals surface area contributed by atoms with E-state index in [1.165, 1.54) is 0 Å². The van der Waals surface area contributed by atoms with Gasteiger partial charge in [-0.15, -0.1) is 0 Å². The Bertz CT molecular complexity index is 1060. The van der Waals surface area contributed by atoms with E-state index in [1.54, 1.807) is 7.11 Å². The fourth-order valence-corrected chi connectivity index (χ4v) is 4.24. The number of nitrogens with zero attached hydrogens (tertiary/aromatic N) is 1. The van der Waals surface area contributed by atoms with Crippen LogP contribution in [0.5, 0.6) is 11.5 Å². The van der Waals surface area contributed by atoms with E-state index in [9.17, 15) is 4.79 Å². The molecule has 0 radical (unpaired) electrons. The van der Waals surface area contributed by atoms with Crippen LogP contribution in [0.4, 0.5) is 5.69 Å². The minimum absolute atomic E-state index is 0.00152. The van der Waals surface area contributed by atoms with Gasteiger partial charge in [-0.1, -0.05) is 49.4 Å². The molecule has 1 unspecified atom stereocenters. The van der Waals surface area contributed by atoms with E-state index in [0.717, 1.165) is 22.7 Å². The van der Waals surface area contributed by atoms with Crippen molar-refractivity contribution in [1.29, 1.82) is 0 Å². The second-order valence-electron chi connectivity index (χ2n) is 7.87. The first-order valence-electron chi connectivity index (χ1n) is 11.3. The van der Waals surface area contributed by atoms with Crippen LogP contribution < -0.4 is 14.8 Å². The van der Waals surface area contributed by atoms with Gasteiger partial charge in [0.25, 0.3) is 5.91 Å². The third kappa shape index (κ3) is 4.81. The molecule has 1 amide bonds. The summed E-state index contributed by atoms with van der Waals surface area (Å²) in [6.07, 6.45) is 0.696. The third-order valence-corrected chi connectivity index (χ3v) is 5.93. The molecule has 1 aliphatic heterocycles. The summed E-state index contributed by atoms with van der Waals surface area (Å²) >= 11 is 0. The van der Waals surface area contributed by atoms with Crippen molar-refractivity contribution in [3.8, 4) is 11.5 Å². The van der Waals surface area contributed by atoms with E-state index in [-0.39, 0.29) is 5.91 Å². The van der Waals surface area contributed by atoms with Crippen LogP contribution in [0.25, 0.3) is 0 Å². The number of carbonyl (C=O) groups excluding carboxylic acids is 1. The van der Waals surface area contributed by atoms with Gasteiger partial charge < -0.3 is 24.4 Å². The Kier molecular flexibility index (Phi) is 7.15. The summed E-state index contributed by atoms with van der Waals surface area (Å²) in [6.45, 7) is 3.93. The van der Waals surface area contributed by atoms with Gasteiger partial charge in [0.2, 0.25) is 0 Å². The Labute approximate surface area is 195 Å². The molecule has 4 rings (SSSR count). The SMILES string of the molecule is CCC1(c2ccc(OCCOc3ccccc3)cc2)Nc2ccccc2C(=O)N1CCOC. The largest absolute Gasteiger partial charge is 0.490 e. The number of amides is 1. The first kappa shape index (κ1) is 22.7. The summed E-state index contributed by atoms with van der Waals surface area (Å²) < 4.78 is 16.9. The smallest absolute Gasteiger partial charge is 0.258 e. The van der Waals surface area contributed by atoms with Gasteiger partial charge in [0.15, 0.2) is 0 Å².